The first-order valence-electron chi connectivity index (χ1n) is 5.10. The molecule has 16 heavy (non-hydrogen) atoms. The van der Waals surface area contributed by atoms with Crippen LogP contribution in [0.1, 0.15) is 15.3 Å². The van der Waals surface area contributed by atoms with E-state index in [9.17, 15) is 0 Å². The maximum absolute atomic E-state index is 5.21. The molecule has 0 radical (unpaired) electrons. The van der Waals surface area contributed by atoms with Crippen LogP contribution in [0.25, 0.3) is 0 Å². The summed E-state index contributed by atoms with van der Waals surface area (Å²) in [6.45, 7) is 0. The van der Waals surface area contributed by atoms with Crippen molar-refractivity contribution in [3.05, 3.63) is 52.2 Å². The first-order valence-corrected chi connectivity index (χ1v) is 6.89. The topological polar surface area (TPSA) is 9.23 Å². The van der Waals surface area contributed by atoms with Gasteiger partial charge in [-0.05, 0) is 35.6 Å². The second-order valence-electron chi connectivity index (χ2n) is 3.54. The number of methoxy groups -OCH3 is 1. The number of halogens is 1. The van der Waals surface area contributed by atoms with Crippen LogP contribution in [0, 0.1) is 0 Å². The monoisotopic (exact) mass is 296 g/mol. The molecule has 2 rings (SSSR count). The second-order valence-corrected chi connectivity index (χ2v) is 5.62. The first-order chi connectivity index (χ1) is 7.79. The van der Waals surface area contributed by atoms with Gasteiger partial charge in [-0.15, -0.1) is 11.3 Å². The highest BCUT2D eigenvalue weighted by Gasteiger charge is 2.09. The standard InChI is InChI=1S/C13H13BrOS/c1-15-11-5-2-4-10(8-11)9-12(14)13-6-3-7-16-13/h2-8,12H,9H2,1H3. The van der Waals surface area contributed by atoms with Crippen LogP contribution in [-0.2, 0) is 6.42 Å². The number of benzene rings is 1. The highest BCUT2D eigenvalue weighted by molar-refractivity contribution is 9.09. The molecule has 0 N–H and O–H groups in total. The van der Waals surface area contributed by atoms with Crippen molar-refractivity contribution in [2.45, 2.75) is 11.2 Å². The Morgan fingerprint density at radius 1 is 1.31 bits per heavy atom. The molecule has 0 bridgehead atoms. The summed E-state index contributed by atoms with van der Waals surface area (Å²) >= 11 is 5.50. The molecule has 0 aliphatic carbocycles. The lowest BCUT2D eigenvalue weighted by Gasteiger charge is -2.08. The number of thiophene rings is 1. The van der Waals surface area contributed by atoms with Gasteiger partial charge in [0.1, 0.15) is 5.75 Å². The zero-order valence-electron chi connectivity index (χ0n) is 9.02. The maximum Gasteiger partial charge on any atom is 0.119 e. The molecule has 1 nitrogen and oxygen atoms in total. The fourth-order valence-corrected chi connectivity index (χ4v) is 3.13. The van der Waals surface area contributed by atoms with E-state index in [0.29, 0.717) is 4.83 Å². The molecular formula is C13H13BrOS. The summed E-state index contributed by atoms with van der Waals surface area (Å²) in [6.07, 6.45) is 0.984. The van der Waals surface area contributed by atoms with E-state index >= 15 is 0 Å². The summed E-state index contributed by atoms with van der Waals surface area (Å²) in [7, 11) is 1.70. The van der Waals surface area contributed by atoms with Crippen molar-refractivity contribution in [1.29, 1.82) is 0 Å². The third-order valence-corrected chi connectivity index (χ3v) is 4.51. The number of ether oxygens (including phenoxy) is 1. The lowest BCUT2D eigenvalue weighted by molar-refractivity contribution is 0.414. The molecule has 0 saturated carbocycles. The number of hydrogen-bond acceptors (Lipinski definition) is 2. The van der Waals surface area contributed by atoms with Gasteiger partial charge in [-0.1, -0.05) is 34.1 Å². The lowest BCUT2D eigenvalue weighted by Crippen LogP contribution is -1.93. The molecular weight excluding hydrogens is 284 g/mol. The minimum atomic E-state index is 0.389. The predicted molar refractivity (Wildman–Crippen MR) is 72.7 cm³/mol. The van der Waals surface area contributed by atoms with Crippen molar-refractivity contribution in [2.24, 2.45) is 0 Å². The molecule has 0 fully saturated rings. The summed E-state index contributed by atoms with van der Waals surface area (Å²) in [5, 5.41) is 2.11. The van der Waals surface area contributed by atoms with Gasteiger partial charge in [0.15, 0.2) is 0 Å². The van der Waals surface area contributed by atoms with Crippen molar-refractivity contribution in [2.75, 3.05) is 7.11 Å². The van der Waals surface area contributed by atoms with Crippen molar-refractivity contribution in [1.82, 2.24) is 0 Å². The Hall–Kier alpha value is -0.800. The van der Waals surface area contributed by atoms with E-state index in [-0.39, 0.29) is 0 Å². The molecule has 3 heteroatoms. The van der Waals surface area contributed by atoms with Gasteiger partial charge in [-0.2, -0.15) is 0 Å². The van der Waals surface area contributed by atoms with Gasteiger partial charge in [0.25, 0.3) is 0 Å². The maximum atomic E-state index is 5.21. The molecule has 0 spiro atoms. The molecule has 1 heterocycles. The summed E-state index contributed by atoms with van der Waals surface area (Å²) in [4.78, 5) is 1.75. The van der Waals surface area contributed by atoms with Crippen LogP contribution in [0.3, 0.4) is 0 Å². The van der Waals surface area contributed by atoms with Crippen LogP contribution in [0.2, 0.25) is 0 Å². The third-order valence-electron chi connectivity index (χ3n) is 2.40. The summed E-state index contributed by atoms with van der Waals surface area (Å²) in [6, 6.07) is 12.5. The number of rotatable bonds is 4. The van der Waals surface area contributed by atoms with Crippen molar-refractivity contribution >= 4 is 27.3 Å². The fraction of sp³-hybridized carbons (Fsp3) is 0.231. The van der Waals surface area contributed by atoms with Gasteiger partial charge in [0.05, 0.1) is 11.9 Å². The number of hydrogen-bond donors (Lipinski definition) is 0. The van der Waals surface area contributed by atoms with Crippen LogP contribution in [0.15, 0.2) is 41.8 Å². The van der Waals surface area contributed by atoms with E-state index in [0.717, 1.165) is 12.2 Å². The van der Waals surface area contributed by atoms with Crippen molar-refractivity contribution in [3.63, 3.8) is 0 Å². The highest BCUT2D eigenvalue weighted by Crippen LogP contribution is 2.31. The molecule has 1 unspecified atom stereocenters. The summed E-state index contributed by atoms with van der Waals surface area (Å²) in [5.41, 5.74) is 1.29. The SMILES string of the molecule is COc1cccc(CC(Br)c2cccs2)c1. The highest BCUT2D eigenvalue weighted by atomic mass is 79.9. The van der Waals surface area contributed by atoms with Gasteiger partial charge in [-0.3, -0.25) is 0 Å². The Bertz CT molecular complexity index is 439. The third kappa shape index (κ3) is 2.86. The minimum Gasteiger partial charge on any atom is -0.497 e. The quantitative estimate of drug-likeness (QED) is 0.758. The van der Waals surface area contributed by atoms with Gasteiger partial charge in [0, 0.05) is 4.88 Å². The van der Waals surface area contributed by atoms with Gasteiger partial charge >= 0.3 is 0 Å². The van der Waals surface area contributed by atoms with E-state index in [1.165, 1.54) is 10.4 Å². The van der Waals surface area contributed by atoms with Crippen LogP contribution in [0.4, 0.5) is 0 Å². The molecule has 0 amide bonds. The van der Waals surface area contributed by atoms with Crippen molar-refractivity contribution in [3.8, 4) is 5.75 Å². The van der Waals surface area contributed by atoms with E-state index < -0.39 is 0 Å². The zero-order valence-corrected chi connectivity index (χ0v) is 11.4. The average molecular weight is 297 g/mol. The molecule has 1 atom stereocenters. The Kier molecular flexibility index (Phi) is 4.02. The smallest absolute Gasteiger partial charge is 0.119 e. The van der Waals surface area contributed by atoms with E-state index in [1.54, 1.807) is 18.4 Å². The molecule has 1 aromatic heterocycles. The zero-order chi connectivity index (χ0) is 11.4. The molecule has 0 saturated heterocycles. The summed E-state index contributed by atoms with van der Waals surface area (Å²) in [5.74, 6) is 0.920. The largest absolute Gasteiger partial charge is 0.497 e. The van der Waals surface area contributed by atoms with Crippen LogP contribution >= 0.6 is 27.3 Å². The second kappa shape index (κ2) is 5.51. The lowest BCUT2D eigenvalue weighted by atomic mass is 10.1. The molecule has 0 aliphatic heterocycles. The van der Waals surface area contributed by atoms with Crippen LogP contribution in [0.5, 0.6) is 5.75 Å². The van der Waals surface area contributed by atoms with Gasteiger partial charge in [-0.25, -0.2) is 0 Å². The Morgan fingerprint density at radius 3 is 2.88 bits per heavy atom. The minimum absolute atomic E-state index is 0.389. The molecule has 84 valence electrons. The average Bonchev–Trinajstić information content (AvgIpc) is 2.83. The Morgan fingerprint density at radius 2 is 2.19 bits per heavy atom. The molecule has 2 aromatic rings. The Balaban J connectivity index is 2.08. The van der Waals surface area contributed by atoms with E-state index in [2.05, 4.69) is 45.6 Å². The molecule has 0 aliphatic rings. The number of alkyl halides is 1. The van der Waals surface area contributed by atoms with Gasteiger partial charge < -0.3 is 4.74 Å². The molecule has 1 aromatic carbocycles. The fourth-order valence-electron chi connectivity index (χ4n) is 1.58. The van der Waals surface area contributed by atoms with E-state index in [1.807, 2.05) is 12.1 Å². The summed E-state index contributed by atoms with van der Waals surface area (Å²) < 4.78 is 5.21. The first kappa shape index (κ1) is 11.7. The van der Waals surface area contributed by atoms with Crippen LogP contribution < -0.4 is 4.74 Å². The predicted octanol–water partition coefficient (Wildman–Crippen LogP) is 4.44. The van der Waals surface area contributed by atoms with Gasteiger partial charge in [0.2, 0.25) is 0 Å². The van der Waals surface area contributed by atoms with Crippen LogP contribution in [-0.4, -0.2) is 7.11 Å². The van der Waals surface area contributed by atoms with Crippen molar-refractivity contribution < 1.29 is 4.74 Å². The normalized spacial score (nSPS) is 12.4. The van der Waals surface area contributed by atoms with E-state index in [4.69, 9.17) is 4.74 Å². The Labute approximate surface area is 108 Å².